The first-order valence-corrected chi connectivity index (χ1v) is 7.03. The molecular weight excluding hydrogens is 206 g/mol. The molecule has 92 valence electrons. The standard InChI is InChI=1S/C16H23N/c1-12-5-3-6-14(11-12)16-8-4-7-15(13(16)2)17-10-9-16/h3,5-6,11,13,15,17H,4,7-10H2,1-2H3. The van der Waals surface area contributed by atoms with E-state index in [4.69, 9.17) is 0 Å². The minimum Gasteiger partial charge on any atom is -0.314 e. The first kappa shape index (κ1) is 11.3. The predicted octanol–water partition coefficient (Wildman–Crippen LogP) is 3.41. The molecule has 3 atom stereocenters. The minimum absolute atomic E-state index is 0.459. The fourth-order valence-electron chi connectivity index (χ4n) is 4.12. The van der Waals surface area contributed by atoms with Gasteiger partial charge in [0.1, 0.15) is 0 Å². The second kappa shape index (κ2) is 4.13. The molecule has 1 saturated heterocycles. The SMILES string of the molecule is Cc1cccc(C23CCCC(NCC2)C3C)c1. The van der Waals surface area contributed by atoms with Crippen LogP contribution in [-0.2, 0) is 5.41 Å². The topological polar surface area (TPSA) is 12.0 Å². The molecule has 1 N–H and O–H groups in total. The third-order valence-corrected chi connectivity index (χ3v) is 5.18. The van der Waals surface area contributed by atoms with Gasteiger partial charge in [-0.15, -0.1) is 0 Å². The van der Waals surface area contributed by atoms with Crippen LogP contribution >= 0.6 is 0 Å². The van der Waals surface area contributed by atoms with Gasteiger partial charge in [-0.3, -0.25) is 0 Å². The highest BCUT2D eigenvalue weighted by atomic mass is 14.9. The molecule has 1 heteroatoms. The highest BCUT2D eigenvalue weighted by molar-refractivity contribution is 5.32. The van der Waals surface area contributed by atoms with E-state index in [-0.39, 0.29) is 0 Å². The van der Waals surface area contributed by atoms with Crippen LogP contribution in [0.2, 0.25) is 0 Å². The normalized spacial score (nSPS) is 36.8. The molecule has 1 aliphatic heterocycles. The zero-order valence-electron chi connectivity index (χ0n) is 11.0. The Morgan fingerprint density at radius 3 is 3.00 bits per heavy atom. The lowest BCUT2D eigenvalue weighted by atomic mass is 9.58. The smallest absolute Gasteiger partial charge is 0.0101 e. The maximum absolute atomic E-state index is 3.71. The van der Waals surface area contributed by atoms with Crippen molar-refractivity contribution in [3.63, 3.8) is 0 Å². The van der Waals surface area contributed by atoms with Gasteiger partial charge in [-0.1, -0.05) is 43.2 Å². The molecule has 2 bridgehead atoms. The van der Waals surface area contributed by atoms with Crippen molar-refractivity contribution in [3.05, 3.63) is 35.4 Å². The first-order valence-electron chi connectivity index (χ1n) is 7.03. The molecule has 1 saturated carbocycles. The highest BCUT2D eigenvalue weighted by Crippen LogP contribution is 2.48. The van der Waals surface area contributed by atoms with Crippen LogP contribution in [0.15, 0.2) is 24.3 Å². The van der Waals surface area contributed by atoms with Crippen molar-refractivity contribution < 1.29 is 0 Å². The van der Waals surface area contributed by atoms with Crippen molar-refractivity contribution in [1.29, 1.82) is 0 Å². The Hall–Kier alpha value is -0.820. The van der Waals surface area contributed by atoms with Crippen molar-refractivity contribution in [2.75, 3.05) is 6.54 Å². The number of piperidine rings is 1. The van der Waals surface area contributed by atoms with Crippen LogP contribution in [0.3, 0.4) is 0 Å². The van der Waals surface area contributed by atoms with Crippen LogP contribution in [0.1, 0.15) is 43.7 Å². The molecule has 0 radical (unpaired) electrons. The monoisotopic (exact) mass is 229 g/mol. The third kappa shape index (κ3) is 1.72. The molecule has 3 rings (SSSR count). The number of rotatable bonds is 1. The molecule has 1 aromatic carbocycles. The molecule has 1 nitrogen and oxygen atoms in total. The van der Waals surface area contributed by atoms with E-state index >= 15 is 0 Å². The largest absolute Gasteiger partial charge is 0.314 e. The number of hydrogen-bond acceptors (Lipinski definition) is 1. The van der Waals surface area contributed by atoms with Gasteiger partial charge in [-0.25, -0.2) is 0 Å². The number of aryl methyl sites for hydroxylation is 1. The van der Waals surface area contributed by atoms with Gasteiger partial charge in [0.25, 0.3) is 0 Å². The minimum atomic E-state index is 0.459. The van der Waals surface area contributed by atoms with Gasteiger partial charge in [0.05, 0.1) is 0 Å². The van der Waals surface area contributed by atoms with Gasteiger partial charge < -0.3 is 5.32 Å². The van der Waals surface area contributed by atoms with Crippen LogP contribution in [0.4, 0.5) is 0 Å². The molecule has 1 heterocycles. The predicted molar refractivity (Wildman–Crippen MR) is 72.3 cm³/mol. The van der Waals surface area contributed by atoms with E-state index in [9.17, 15) is 0 Å². The van der Waals surface area contributed by atoms with Crippen molar-refractivity contribution in [1.82, 2.24) is 5.32 Å². The lowest BCUT2D eigenvalue weighted by molar-refractivity contribution is 0.102. The van der Waals surface area contributed by atoms with Gasteiger partial charge in [-0.2, -0.15) is 0 Å². The second-order valence-electron chi connectivity index (χ2n) is 6.02. The Morgan fingerprint density at radius 2 is 2.18 bits per heavy atom. The average Bonchev–Trinajstić information content (AvgIpc) is 2.29. The summed E-state index contributed by atoms with van der Waals surface area (Å²) >= 11 is 0. The van der Waals surface area contributed by atoms with E-state index in [1.165, 1.54) is 37.8 Å². The van der Waals surface area contributed by atoms with Crippen molar-refractivity contribution in [2.45, 2.75) is 51.0 Å². The Kier molecular flexibility index (Phi) is 2.74. The number of fused-ring (bicyclic) bond motifs is 2. The van der Waals surface area contributed by atoms with Crippen molar-refractivity contribution in [3.8, 4) is 0 Å². The molecule has 2 aliphatic rings. The summed E-state index contributed by atoms with van der Waals surface area (Å²) in [4.78, 5) is 0. The molecule has 0 spiro atoms. The summed E-state index contributed by atoms with van der Waals surface area (Å²) in [6, 6.07) is 9.98. The Balaban J connectivity index is 2.03. The first-order chi connectivity index (χ1) is 8.22. The molecular formula is C16H23N. The Labute approximate surface area is 105 Å². The fourth-order valence-corrected chi connectivity index (χ4v) is 4.12. The summed E-state index contributed by atoms with van der Waals surface area (Å²) in [5, 5.41) is 3.71. The van der Waals surface area contributed by atoms with E-state index in [1.54, 1.807) is 5.56 Å². The average molecular weight is 229 g/mol. The quantitative estimate of drug-likeness (QED) is 0.778. The van der Waals surface area contributed by atoms with Crippen molar-refractivity contribution >= 4 is 0 Å². The van der Waals surface area contributed by atoms with Crippen LogP contribution in [0, 0.1) is 12.8 Å². The Morgan fingerprint density at radius 1 is 1.29 bits per heavy atom. The molecule has 1 aliphatic carbocycles. The summed E-state index contributed by atoms with van der Waals surface area (Å²) < 4.78 is 0. The van der Waals surface area contributed by atoms with Gasteiger partial charge in [0.15, 0.2) is 0 Å². The number of nitrogens with one attached hydrogen (secondary N) is 1. The molecule has 0 aromatic heterocycles. The zero-order valence-corrected chi connectivity index (χ0v) is 11.0. The zero-order chi connectivity index (χ0) is 11.9. The van der Waals surface area contributed by atoms with E-state index in [2.05, 4.69) is 43.4 Å². The maximum atomic E-state index is 3.71. The van der Waals surface area contributed by atoms with Crippen LogP contribution in [0.5, 0.6) is 0 Å². The molecule has 3 unspecified atom stereocenters. The van der Waals surface area contributed by atoms with Gasteiger partial charge >= 0.3 is 0 Å². The highest BCUT2D eigenvalue weighted by Gasteiger charge is 2.46. The maximum Gasteiger partial charge on any atom is 0.0101 e. The Bertz CT molecular complexity index is 400. The lowest BCUT2D eigenvalue weighted by Crippen LogP contribution is -2.55. The van der Waals surface area contributed by atoms with Crippen molar-refractivity contribution in [2.24, 2.45) is 5.92 Å². The summed E-state index contributed by atoms with van der Waals surface area (Å²) in [6.07, 6.45) is 5.45. The number of hydrogen-bond donors (Lipinski definition) is 1. The van der Waals surface area contributed by atoms with Gasteiger partial charge in [0.2, 0.25) is 0 Å². The summed E-state index contributed by atoms with van der Waals surface area (Å²) in [7, 11) is 0. The van der Waals surface area contributed by atoms with Gasteiger partial charge in [-0.05, 0) is 44.2 Å². The summed E-state index contributed by atoms with van der Waals surface area (Å²) in [5.41, 5.74) is 3.46. The lowest BCUT2D eigenvalue weighted by Gasteiger charge is -2.51. The molecule has 1 aromatic rings. The van der Waals surface area contributed by atoms with Crippen LogP contribution in [0.25, 0.3) is 0 Å². The van der Waals surface area contributed by atoms with Crippen LogP contribution in [-0.4, -0.2) is 12.6 Å². The summed E-state index contributed by atoms with van der Waals surface area (Å²) in [6.45, 7) is 5.87. The van der Waals surface area contributed by atoms with Crippen LogP contribution < -0.4 is 5.32 Å². The third-order valence-electron chi connectivity index (χ3n) is 5.18. The van der Waals surface area contributed by atoms with E-state index in [0.717, 1.165) is 12.0 Å². The number of benzene rings is 1. The molecule has 17 heavy (non-hydrogen) atoms. The summed E-state index contributed by atoms with van der Waals surface area (Å²) in [5.74, 6) is 0.784. The fraction of sp³-hybridized carbons (Fsp3) is 0.625. The second-order valence-corrected chi connectivity index (χ2v) is 6.02. The molecule has 0 amide bonds. The van der Waals surface area contributed by atoms with E-state index < -0.39 is 0 Å². The van der Waals surface area contributed by atoms with E-state index in [1.807, 2.05) is 0 Å². The van der Waals surface area contributed by atoms with Gasteiger partial charge in [0, 0.05) is 11.5 Å². The van der Waals surface area contributed by atoms with E-state index in [0.29, 0.717) is 5.41 Å². The molecule has 2 fully saturated rings.